The van der Waals surface area contributed by atoms with Gasteiger partial charge in [-0.2, -0.15) is 5.26 Å². The summed E-state index contributed by atoms with van der Waals surface area (Å²) in [5.41, 5.74) is 5.34. The number of hydrogen-bond donors (Lipinski definition) is 1. The number of nitrogen functional groups attached to an aromatic ring is 1. The number of hydrogen-bond acceptors (Lipinski definition) is 3. The van der Waals surface area contributed by atoms with Crippen LogP contribution >= 0.6 is 0 Å². The van der Waals surface area contributed by atoms with E-state index in [0.29, 0.717) is 0 Å². The number of rotatable bonds is 3. The molecule has 2 N–H and O–H groups in total. The lowest BCUT2D eigenvalue weighted by Crippen LogP contribution is -2.02. The zero-order valence-electron chi connectivity index (χ0n) is 10.3. The highest BCUT2D eigenvalue weighted by molar-refractivity contribution is 7.84. The Morgan fingerprint density at radius 3 is 2.65 bits per heavy atom. The Balaban J connectivity index is 2.28. The van der Waals surface area contributed by atoms with Crippen LogP contribution in [0.4, 0.5) is 14.5 Å². The van der Waals surface area contributed by atoms with E-state index < -0.39 is 22.4 Å². The van der Waals surface area contributed by atoms with Crippen LogP contribution in [-0.4, -0.2) is 4.21 Å². The Bertz CT molecular complexity index is 726. The van der Waals surface area contributed by atoms with Gasteiger partial charge in [0.05, 0.1) is 27.8 Å². The SMILES string of the molecule is N#Cc1cccc(CS(=O)c2ccc(N)c(F)c2)c1F. The minimum Gasteiger partial charge on any atom is -0.396 e. The summed E-state index contributed by atoms with van der Waals surface area (Å²) < 4.78 is 39.2. The molecule has 102 valence electrons. The van der Waals surface area contributed by atoms with Gasteiger partial charge in [-0.05, 0) is 24.3 Å². The van der Waals surface area contributed by atoms with Gasteiger partial charge < -0.3 is 5.73 Å². The first-order chi connectivity index (χ1) is 9.52. The third-order valence-electron chi connectivity index (χ3n) is 2.72. The number of nitrogens with zero attached hydrogens (tertiary/aromatic N) is 1. The van der Waals surface area contributed by atoms with Gasteiger partial charge in [-0.15, -0.1) is 0 Å². The van der Waals surface area contributed by atoms with E-state index in [0.717, 1.165) is 6.07 Å². The molecule has 2 aromatic carbocycles. The van der Waals surface area contributed by atoms with Crippen LogP contribution in [0.2, 0.25) is 0 Å². The molecule has 0 bridgehead atoms. The fourth-order valence-electron chi connectivity index (χ4n) is 1.65. The minimum atomic E-state index is -1.62. The van der Waals surface area contributed by atoms with Crippen molar-refractivity contribution in [3.63, 3.8) is 0 Å². The van der Waals surface area contributed by atoms with Crippen LogP contribution in [0.3, 0.4) is 0 Å². The molecule has 2 rings (SSSR count). The fraction of sp³-hybridized carbons (Fsp3) is 0.0714. The second-order valence-corrected chi connectivity index (χ2v) is 5.51. The van der Waals surface area contributed by atoms with Crippen molar-refractivity contribution in [1.82, 2.24) is 0 Å². The van der Waals surface area contributed by atoms with Crippen LogP contribution in [0.1, 0.15) is 11.1 Å². The van der Waals surface area contributed by atoms with Crippen molar-refractivity contribution in [2.75, 3.05) is 5.73 Å². The molecule has 0 saturated carbocycles. The molecule has 6 heteroatoms. The van der Waals surface area contributed by atoms with Gasteiger partial charge in [0.1, 0.15) is 17.7 Å². The van der Waals surface area contributed by atoms with Gasteiger partial charge in [0.15, 0.2) is 0 Å². The smallest absolute Gasteiger partial charge is 0.147 e. The zero-order valence-corrected chi connectivity index (χ0v) is 11.1. The predicted molar refractivity (Wildman–Crippen MR) is 72.0 cm³/mol. The van der Waals surface area contributed by atoms with Crippen molar-refractivity contribution in [2.45, 2.75) is 10.6 Å². The largest absolute Gasteiger partial charge is 0.396 e. The van der Waals surface area contributed by atoms with E-state index in [9.17, 15) is 13.0 Å². The summed E-state index contributed by atoms with van der Waals surface area (Å²) in [5, 5.41) is 8.73. The molecule has 0 fully saturated rings. The highest BCUT2D eigenvalue weighted by atomic mass is 32.2. The van der Waals surface area contributed by atoms with Gasteiger partial charge in [0, 0.05) is 10.5 Å². The van der Waals surface area contributed by atoms with Crippen LogP contribution in [0.15, 0.2) is 41.3 Å². The standard InChI is InChI=1S/C14H10F2N2OS/c15-12-6-11(4-5-13(12)18)20(19)8-10-3-1-2-9(7-17)14(10)16/h1-6H,8,18H2. The summed E-state index contributed by atoms with van der Waals surface area (Å²) in [5.74, 6) is -1.49. The van der Waals surface area contributed by atoms with Gasteiger partial charge in [0.25, 0.3) is 0 Å². The maximum absolute atomic E-state index is 13.8. The molecule has 1 unspecified atom stereocenters. The molecule has 3 nitrogen and oxygen atoms in total. The van der Waals surface area contributed by atoms with Crippen molar-refractivity contribution < 1.29 is 13.0 Å². The van der Waals surface area contributed by atoms with Gasteiger partial charge in [-0.3, -0.25) is 4.21 Å². The minimum absolute atomic E-state index is 0.0385. The van der Waals surface area contributed by atoms with E-state index in [-0.39, 0.29) is 27.5 Å². The van der Waals surface area contributed by atoms with E-state index in [1.807, 2.05) is 0 Å². The van der Waals surface area contributed by atoms with Gasteiger partial charge >= 0.3 is 0 Å². The first-order valence-corrected chi connectivity index (χ1v) is 6.95. The van der Waals surface area contributed by atoms with Gasteiger partial charge in [-0.1, -0.05) is 12.1 Å². The molecular weight excluding hydrogens is 282 g/mol. The average molecular weight is 292 g/mol. The van der Waals surface area contributed by atoms with Crippen LogP contribution in [-0.2, 0) is 16.6 Å². The van der Waals surface area contributed by atoms with Gasteiger partial charge in [0.2, 0.25) is 0 Å². The highest BCUT2D eigenvalue weighted by Gasteiger charge is 2.13. The molecule has 2 aromatic rings. The predicted octanol–water partition coefficient (Wildman–Crippen LogP) is 2.73. The molecule has 0 amide bonds. The Morgan fingerprint density at radius 1 is 1.25 bits per heavy atom. The van der Waals surface area contributed by atoms with E-state index >= 15 is 0 Å². The third-order valence-corrected chi connectivity index (χ3v) is 4.07. The molecular formula is C14H10F2N2OS. The normalized spacial score (nSPS) is 11.8. The summed E-state index contributed by atoms with van der Waals surface area (Å²) in [4.78, 5) is 0.221. The third kappa shape index (κ3) is 2.83. The first-order valence-electron chi connectivity index (χ1n) is 5.64. The summed E-state index contributed by atoms with van der Waals surface area (Å²) in [7, 11) is -1.62. The molecule has 0 aromatic heterocycles. The summed E-state index contributed by atoms with van der Waals surface area (Å²) >= 11 is 0. The molecule has 20 heavy (non-hydrogen) atoms. The van der Waals surface area contributed by atoms with E-state index in [1.54, 1.807) is 6.07 Å². The lowest BCUT2D eigenvalue weighted by atomic mass is 10.1. The van der Waals surface area contributed by atoms with E-state index in [4.69, 9.17) is 11.0 Å². The highest BCUT2D eigenvalue weighted by Crippen LogP contribution is 2.20. The van der Waals surface area contributed by atoms with E-state index in [2.05, 4.69) is 0 Å². The average Bonchev–Trinajstić information content (AvgIpc) is 2.44. The van der Waals surface area contributed by atoms with Crippen molar-refractivity contribution >= 4 is 16.5 Å². The maximum atomic E-state index is 13.8. The number of anilines is 1. The van der Waals surface area contributed by atoms with Crippen molar-refractivity contribution in [3.8, 4) is 6.07 Å². The van der Waals surface area contributed by atoms with Crippen molar-refractivity contribution in [1.29, 1.82) is 5.26 Å². The molecule has 0 aliphatic heterocycles. The summed E-state index contributed by atoms with van der Waals surface area (Å²) in [6, 6.07) is 9.82. The molecule has 0 radical (unpaired) electrons. The van der Waals surface area contributed by atoms with Crippen LogP contribution < -0.4 is 5.73 Å². The quantitative estimate of drug-likeness (QED) is 0.884. The number of halogens is 2. The lowest BCUT2D eigenvalue weighted by Gasteiger charge is -2.06. The molecule has 1 atom stereocenters. The topological polar surface area (TPSA) is 66.9 Å². The Kier molecular flexibility index (Phi) is 4.11. The van der Waals surface area contributed by atoms with Crippen LogP contribution in [0, 0.1) is 23.0 Å². The molecule has 0 aliphatic rings. The molecule has 0 saturated heterocycles. The van der Waals surface area contributed by atoms with Gasteiger partial charge in [-0.25, -0.2) is 8.78 Å². The summed E-state index contributed by atoms with van der Waals surface area (Å²) in [6.07, 6.45) is 0. The van der Waals surface area contributed by atoms with Crippen LogP contribution in [0.5, 0.6) is 0 Å². The fourth-order valence-corrected chi connectivity index (χ4v) is 2.78. The van der Waals surface area contributed by atoms with E-state index in [1.165, 1.54) is 30.3 Å². The number of benzene rings is 2. The van der Waals surface area contributed by atoms with Crippen molar-refractivity contribution in [3.05, 3.63) is 59.2 Å². The monoisotopic (exact) mass is 292 g/mol. The number of nitriles is 1. The second kappa shape index (κ2) is 5.80. The second-order valence-electron chi connectivity index (χ2n) is 4.06. The Hall–Kier alpha value is -2.26. The zero-order chi connectivity index (χ0) is 14.7. The molecule has 0 aliphatic carbocycles. The first kappa shape index (κ1) is 14.2. The van der Waals surface area contributed by atoms with Crippen molar-refractivity contribution in [2.24, 2.45) is 0 Å². The van der Waals surface area contributed by atoms with Crippen LogP contribution in [0.25, 0.3) is 0 Å². The number of nitrogens with two attached hydrogens (primary N) is 1. The molecule has 0 spiro atoms. The summed E-state index contributed by atoms with van der Waals surface area (Å²) in [6.45, 7) is 0. The molecule has 0 heterocycles. The lowest BCUT2D eigenvalue weighted by molar-refractivity contribution is 0.611. The Labute approximate surface area is 117 Å². The Morgan fingerprint density at radius 2 is 2.00 bits per heavy atom. The maximum Gasteiger partial charge on any atom is 0.147 e.